The van der Waals surface area contributed by atoms with Crippen LogP contribution in [0.3, 0.4) is 0 Å². The minimum absolute atomic E-state index is 0.0747. The van der Waals surface area contributed by atoms with E-state index in [0.717, 1.165) is 10.6 Å². The molecule has 0 aliphatic carbocycles. The van der Waals surface area contributed by atoms with Gasteiger partial charge in [0.25, 0.3) is 0 Å². The van der Waals surface area contributed by atoms with Crippen molar-refractivity contribution in [2.75, 3.05) is 12.3 Å². The quantitative estimate of drug-likeness (QED) is 0.521. The van der Waals surface area contributed by atoms with Crippen molar-refractivity contribution < 1.29 is 5.11 Å². The summed E-state index contributed by atoms with van der Waals surface area (Å²) in [7, 11) is 0. The van der Waals surface area contributed by atoms with Crippen LogP contribution in [0.15, 0.2) is 34.8 Å². The van der Waals surface area contributed by atoms with Gasteiger partial charge in [0.15, 0.2) is 0 Å². The summed E-state index contributed by atoms with van der Waals surface area (Å²) in [5.41, 5.74) is 8.37. The number of aliphatic hydroxyl groups excluding tert-OH is 1. The number of hydrogen-bond donors (Lipinski definition) is 2. The summed E-state index contributed by atoms with van der Waals surface area (Å²) in [5.74, 6) is 0.618. The smallest absolute Gasteiger partial charge is 0.143 e. The van der Waals surface area contributed by atoms with Crippen LogP contribution < -0.4 is 5.73 Å². The predicted octanol–water partition coefficient (Wildman–Crippen LogP) is 4.40. The lowest BCUT2D eigenvalue weighted by Crippen LogP contribution is -2.04. The van der Waals surface area contributed by atoms with Crippen LogP contribution in [0.4, 0.5) is 5.82 Å². The molecule has 3 aromatic rings. The molecule has 0 saturated carbocycles. The average Bonchev–Trinajstić information content (AvgIpc) is 3.15. The summed E-state index contributed by atoms with van der Waals surface area (Å²) in [6, 6.07) is 9.69. The Labute approximate surface area is 181 Å². The van der Waals surface area contributed by atoms with Crippen LogP contribution in [-0.2, 0) is 12.2 Å². The first-order valence-electron chi connectivity index (χ1n) is 8.63. The molecular formula is C20H16ClN5OS2. The predicted molar refractivity (Wildman–Crippen MR) is 116 cm³/mol. The number of nitriles is 2. The van der Waals surface area contributed by atoms with E-state index in [-0.39, 0.29) is 18.0 Å². The molecule has 0 aromatic carbocycles. The molecule has 0 atom stereocenters. The van der Waals surface area contributed by atoms with Gasteiger partial charge in [0.05, 0.1) is 10.6 Å². The van der Waals surface area contributed by atoms with Crippen LogP contribution in [-0.4, -0.2) is 21.7 Å². The summed E-state index contributed by atoms with van der Waals surface area (Å²) >= 11 is 9.04. The lowest BCUT2D eigenvalue weighted by molar-refractivity contribution is 0.288. The Morgan fingerprint density at radius 3 is 2.59 bits per heavy atom. The number of rotatable bonds is 7. The van der Waals surface area contributed by atoms with Gasteiger partial charge in [-0.25, -0.2) is 4.98 Å². The second-order valence-electron chi connectivity index (χ2n) is 6.00. The highest BCUT2D eigenvalue weighted by Crippen LogP contribution is 2.37. The van der Waals surface area contributed by atoms with Gasteiger partial charge in [-0.15, -0.1) is 11.3 Å². The maximum atomic E-state index is 9.83. The third-order valence-electron chi connectivity index (χ3n) is 4.15. The topological polar surface area (TPSA) is 120 Å². The number of anilines is 1. The standard InChI is InChI=1S/C20H16ClN5OS2/c21-16-5-7-28-17(16)11-29-20-15(9-23)18(14(8-22)19(24)26-20)12-3-4-13(25-10-12)2-1-6-27/h3-5,7,10,27H,1-2,6,11H2,(H2,24,26). The zero-order valence-electron chi connectivity index (χ0n) is 15.2. The van der Waals surface area contributed by atoms with Gasteiger partial charge in [0.1, 0.15) is 28.5 Å². The van der Waals surface area contributed by atoms with Gasteiger partial charge in [-0.2, -0.15) is 10.5 Å². The van der Waals surface area contributed by atoms with Gasteiger partial charge in [-0.1, -0.05) is 29.4 Å². The molecule has 3 rings (SSSR count). The fourth-order valence-corrected chi connectivity index (χ4v) is 5.03. The van der Waals surface area contributed by atoms with Crippen LogP contribution in [0.2, 0.25) is 5.02 Å². The minimum atomic E-state index is 0.0747. The second-order valence-corrected chi connectivity index (χ2v) is 8.37. The maximum absolute atomic E-state index is 9.83. The fourth-order valence-electron chi connectivity index (χ4n) is 2.73. The van der Waals surface area contributed by atoms with E-state index < -0.39 is 0 Å². The number of thioether (sulfide) groups is 1. The summed E-state index contributed by atoms with van der Waals surface area (Å²) in [6.07, 6.45) is 2.88. The average molecular weight is 442 g/mol. The normalized spacial score (nSPS) is 10.5. The Hall–Kier alpha value is -2.62. The van der Waals surface area contributed by atoms with E-state index in [1.165, 1.54) is 23.1 Å². The maximum Gasteiger partial charge on any atom is 0.143 e. The van der Waals surface area contributed by atoms with E-state index in [2.05, 4.69) is 22.1 Å². The Morgan fingerprint density at radius 2 is 2.00 bits per heavy atom. The van der Waals surface area contributed by atoms with Crippen molar-refractivity contribution in [3.8, 4) is 23.3 Å². The lowest BCUT2D eigenvalue weighted by atomic mass is 9.98. The van der Waals surface area contributed by atoms with Gasteiger partial charge in [-0.05, 0) is 30.4 Å². The molecule has 9 heteroatoms. The van der Waals surface area contributed by atoms with Crippen LogP contribution >= 0.6 is 34.7 Å². The van der Waals surface area contributed by atoms with Crippen LogP contribution in [0.25, 0.3) is 11.1 Å². The number of halogens is 1. The SMILES string of the molecule is N#Cc1c(N)nc(SCc2sccc2Cl)c(C#N)c1-c1ccc(CCCO)nc1. The van der Waals surface area contributed by atoms with E-state index >= 15 is 0 Å². The lowest BCUT2D eigenvalue weighted by Gasteiger charge is -2.13. The molecule has 3 N–H and O–H groups in total. The Balaban J connectivity index is 2.03. The molecule has 6 nitrogen and oxygen atoms in total. The Kier molecular flexibility index (Phi) is 7.08. The zero-order valence-corrected chi connectivity index (χ0v) is 17.6. The first kappa shape index (κ1) is 21.1. The van der Waals surface area contributed by atoms with E-state index in [1.54, 1.807) is 12.3 Å². The molecule has 146 valence electrons. The number of pyridine rings is 2. The number of hydrogen-bond acceptors (Lipinski definition) is 8. The molecule has 3 heterocycles. The molecule has 0 bridgehead atoms. The summed E-state index contributed by atoms with van der Waals surface area (Å²) in [6.45, 7) is 0.0936. The largest absolute Gasteiger partial charge is 0.396 e. The number of aliphatic hydroxyl groups is 1. The van der Waals surface area contributed by atoms with Gasteiger partial charge < -0.3 is 10.8 Å². The second kappa shape index (κ2) is 9.73. The number of aromatic nitrogens is 2. The molecule has 3 aromatic heterocycles. The van der Waals surface area contributed by atoms with E-state index in [0.29, 0.717) is 45.3 Å². The highest BCUT2D eigenvalue weighted by molar-refractivity contribution is 7.98. The van der Waals surface area contributed by atoms with Crippen LogP contribution in [0.1, 0.15) is 28.1 Å². The number of nitrogen functional groups attached to an aromatic ring is 1. The van der Waals surface area contributed by atoms with Crippen molar-refractivity contribution >= 4 is 40.5 Å². The van der Waals surface area contributed by atoms with Gasteiger partial charge >= 0.3 is 0 Å². The molecule has 0 spiro atoms. The highest BCUT2D eigenvalue weighted by Gasteiger charge is 2.21. The molecule has 0 fully saturated rings. The zero-order chi connectivity index (χ0) is 20.8. The minimum Gasteiger partial charge on any atom is -0.396 e. The summed E-state index contributed by atoms with van der Waals surface area (Å²) in [5, 5.41) is 31.4. The van der Waals surface area contributed by atoms with E-state index in [1.807, 2.05) is 17.5 Å². The summed E-state index contributed by atoms with van der Waals surface area (Å²) in [4.78, 5) is 9.66. The third kappa shape index (κ3) is 4.69. The van der Waals surface area contributed by atoms with E-state index in [9.17, 15) is 10.5 Å². The van der Waals surface area contributed by atoms with Crippen molar-refractivity contribution in [2.45, 2.75) is 23.6 Å². The molecule has 0 amide bonds. The first-order valence-corrected chi connectivity index (χ1v) is 10.9. The van der Waals surface area contributed by atoms with Crippen molar-refractivity contribution in [3.05, 3.63) is 56.5 Å². The molecular weight excluding hydrogens is 426 g/mol. The molecule has 0 radical (unpaired) electrons. The van der Waals surface area contributed by atoms with Crippen LogP contribution in [0, 0.1) is 22.7 Å². The molecule has 0 unspecified atom stereocenters. The van der Waals surface area contributed by atoms with Crippen molar-refractivity contribution in [1.82, 2.24) is 9.97 Å². The molecule has 0 saturated heterocycles. The molecule has 0 aliphatic heterocycles. The van der Waals surface area contributed by atoms with Crippen molar-refractivity contribution in [3.63, 3.8) is 0 Å². The number of aryl methyl sites for hydroxylation is 1. The third-order valence-corrected chi connectivity index (χ3v) is 6.72. The Bertz CT molecular complexity index is 1100. The van der Waals surface area contributed by atoms with Crippen LogP contribution in [0.5, 0.6) is 0 Å². The molecule has 29 heavy (non-hydrogen) atoms. The van der Waals surface area contributed by atoms with Gasteiger partial charge in [-0.3, -0.25) is 4.98 Å². The number of nitrogens with zero attached hydrogens (tertiary/aromatic N) is 4. The van der Waals surface area contributed by atoms with Crippen molar-refractivity contribution in [2.24, 2.45) is 0 Å². The fraction of sp³-hybridized carbons (Fsp3) is 0.200. The number of thiophene rings is 1. The monoisotopic (exact) mass is 441 g/mol. The first-order chi connectivity index (χ1) is 14.1. The number of nitrogens with two attached hydrogens (primary N) is 1. The summed E-state index contributed by atoms with van der Waals surface area (Å²) < 4.78 is 0. The molecule has 0 aliphatic rings. The van der Waals surface area contributed by atoms with Gasteiger partial charge in [0, 0.05) is 40.3 Å². The van der Waals surface area contributed by atoms with Gasteiger partial charge in [0.2, 0.25) is 0 Å². The highest BCUT2D eigenvalue weighted by atomic mass is 35.5. The van der Waals surface area contributed by atoms with Crippen molar-refractivity contribution in [1.29, 1.82) is 10.5 Å². The van der Waals surface area contributed by atoms with E-state index in [4.69, 9.17) is 22.4 Å². The Morgan fingerprint density at radius 1 is 1.21 bits per heavy atom.